The summed E-state index contributed by atoms with van der Waals surface area (Å²) in [5.41, 5.74) is 4.22. The fraction of sp³-hybridized carbons (Fsp3) is 0.429. The van der Waals surface area contributed by atoms with Crippen molar-refractivity contribution in [3.05, 3.63) is 77.4 Å². The van der Waals surface area contributed by atoms with E-state index in [1.165, 1.54) is 21.3 Å². The molecule has 45 heavy (non-hydrogen) atoms. The van der Waals surface area contributed by atoms with Gasteiger partial charge in [0.25, 0.3) is 0 Å². The second kappa shape index (κ2) is 14.5. The van der Waals surface area contributed by atoms with Gasteiger partial charge in [-0.15, -0.1) is 5.10 Å². The molecular formula is C35H43N5O5. The molecule has 0 bridgehead atoms. The fourth-order valence-corrected chi connectivity index (χ4v) is 6.27. The number of aryl methyl sites for hydroxylation is 1. The quantitative estimate of drug-likeness (QED) is 0.222. The van der Waals surface area contributed by atoms with Crippen LogP contribution >= 0.6 is 0 Å². The summed E-state index contributed by atoms with van der Waals surface area (Å²) in [7, 11) is 4.61. The van der Waals surface area contributed by atoms with Gasteiger partial charge in [-0.2, -0.15) is 0 Å². The highest BCUT2D eigenvalue weighted by molar-refractivity contribution is 5.91. The molecule has 0 aliphatic heterocycles. The summed E-state index contributed by atoms with van der Waals surface area (Å²) in [5.74, 6) is 0.727. The van der Waals surface area contributed by atoms with Gasteiger partial charge in [-0.1, -0.05) is 60.9 Å². The van der Waals surface area contributed by atoms with Crippen LogP contribution in [0.4, 0.5) is 0 Å². The van der Waals surface area contributed by atoms with Crippen LogP contribution in [0.5, 0.6) is 17.2 Å². The summed E-state index contributed by atoms with van der Waals surface area (Å²) in [4.78, 5) is 30.8. The van der Waals surface area contributed by atoms with Crippen LogP contribution in [0.25, 0.3) is 11.0 Å². The minimum absolute atomic E-state index is 0.0424. The van der Waals surface area contributed by atoms with Crippen molar-refractivity contribution in [3.63, 3.8) is 0 Å². The fourth-order valence-electron chi connectivity index (χ4n) is 6.27. The van der Waals surface area contributed by atoms with Crippen molar-refractivity contribution in [2.75, 3.05) is 27.9 Å². The number of nitrogens with zero attached hydrogens (tertiary/aromatic N) is 4. The van der Waals surface area contributed by atoms with Crippen LogP contribution in [0.3, 0.4) is 0 Å². The monoisotopic (exact) mass is 613 g/mol. The van der Waals surface area contributed by atoms with Crippen molar-refractivity contribution in [2.24, 2.45) is 0 Å². The third kappa shape index (κ3) is 6.90. The van der Waals surface area contributed by atoms with E-state index in [1.807, 2.05) is 36.4 Å². The van der Waals surface area contributed by atoms with E-state index in [9.17, 15) is 9.59 Å². The molecule has 10 heteroatoms. The number of fused-ring (bicyclic) bond motifs is 1. The zero-order chi connectivity index (χ0) is 31.9. The lowest BCUT2D eigenvalue weighted by Gasteiger charge is -2.35. The number of hydrogen-bond acceptors (Lipinski definition) is 7. The van der Waals surface area contributed by atoms with E-state index in [0.29, 0.717) is 41.3 Å². The zero-order valence-electron chi connectivity index (χ0n) is 26.8. The van der Waals surface area contributed by atoms with Crippen molar-refractivity contribution in [3.8, 4) is 17.2 Å². The number of methoxy groups -OCH3 is 3. The summed E-state index contributed by atoms with van der Waals surface area (Å²) in [6.45, 7) is 4.15. The lowest BCUT2D eigenvalue weighted by atomic mass is 9.94. The van der Waals surface area contributed by atoms with Gasteiger partial charge in [-0.25, -0.2) is 4.68 Å². The first-order chi connectivity index (χ1) is 21.9. The molecule has 1 aromatic heterocycles. The number of para-hydroxylation sites is 1. The molecule has 1 heterocycles. The van der Waals surface area contributed by atoms with E-state index in [-0.39, 0.29) is 17.9 Å². The van der Waals surface area contributed by atoms with E-state index in [0.717, 1.165) is 48.7 Å². The molecule has 5 rings (SSSR count). The van der Waals surface area contributed by atoms with E-state index in [1.54, 1.807) is 28.6 Å². The summed E-state index contributed by atoms with van der Waals surface area (Å²) < 4.78 is 18.6. The predicted octanol–water partition coefficient (Wildman–Crippen LogP) is 5.59. The van der Waals surface area contributed by atoms with Crippen LogP contribution in [0.2, 0.25) is 0 Å². The zero-order valence-corrected chi connectivity index (χ0v) is 26.8. The standard InChI is InChI=1S/C35H43N5O5/c1-23-13-9-10-14-25(23)19-20-39(35(42)24(2)40-29-18-12-11-17-28(29)37-38-40)32(34(41)36-27-15-7-6-8-16-27)26-21-30(43-3)33(45-5)31(22-26)44-4/h9-14,17-18,21-22,24,27,32H,6-8,15-16,19-20H2,1-5H3,(H,36,41)/t24-,32-/m1/s1. The van der Waals surface area contributed by atoms with Gasteiger partial charge in [0.2, 0.25) is 17.6 Å². The number of nitrogens with one attached hydrogen (secondary N) is 1. The highest BCUT2D eigenvalue weighted by Gasteiger charge is 2.37. The predicted molar refractivity (Wildman–Crippen MR) is 173 cm³/mol. The molecule has 1 fully saturated rings. The summed E-state index contributed by atoms with van der Waals surface area (Å²) in [6, 6.07) is 17.5. The maximum atomic E-state index is 14.7. The molecule has 0 saturated heterocycles. The van der Waals surface area contributed by atoms with E-state index >= 15 is 0 Å². The summed E-state index contributed by atoms with van der Waals surface area (Å²) in [6.07, 6.45) is 5.66. The minimum atomic E-state index is -0.977. The Kier molecular flexibility index (Phi) is 10.2. The number of hydrogen-bond donors (Lipinski definition) is 1. The Hall–Kier alpha value is -4.60. The van der Waals surface area contributed by atoms with Gasteiger partial charge in [-0.05, 0) is 74.1 Å². The van der Waals surface area contributed by atoms with Crippen molar-refractivity contribution < 1.29 is 23.8 Å². The second-order valence-corrected chi connectivity index (χ2v) is 11.6. The Balaban J connectivity index is 1.61. The molecule has 238 valence electrons. The molecule has 1 saturated carbocycles. The summed E-state index contributed by atoms with van der Waals surface area (Å²) >= 11 is 0. The molecule has 0 spiro atoms. The van der Waals surface area contributed by atoms with Crippen LogP contribution in [0, 0.1) is 6.92 Å². The second-order valence-electron chi connectivity index (χ2n) is 11.6. The molecule has 0 radical (unpaired) electrons. The molecule has 3 aromatic carbocycles. The summed E-state index contributed by atoms with van der Waals surface area (Å²) in [5, 5.41) is 11.9. The van der Waals surface area contributed by atoms with Gasteiger partial charge in [0, 0.05) is 12.6 Å². The number of rotatable bonds is 12. The number of amides is 2. The van der Waals surface area contributed by atoms with E-state index in [2.05, 4.69) is 34.7 Å². The van der Waals surface area contributed by atoms with Crippen LogP contribution in [0.1, 0.15) is 67.8 Å². The van der Waals surface area contributed by atoms with Gasteiger partial charge < -0.3 is 24.4 Å². The van der Waals surface area contributed by atoms with E-state index < -0.39 is 12.1 Å². The normalized spacial score (nSPS) is 14.9. The molecule has 1 aliphatic rings. The molecule has 2 amide bonds. The van der Waals surface area contributed by atoms with Gasteiger partial charge in [0.1, 0.15) is 17.6 Å². The topological polar surface area (TPSA) is 108 Å². The first-order valence-corrected chi connectivity index (χ1v) is 15.6. The first kappa shape index (κ1) is 31.8. The van der Waals surface area contributed by atoms with Gasteiger partial charge in [0.05, 0.1) is 26.8 Å². The average Bonchev–Trinajstić information content (AvgIpc) is 3.50. The third-order valence-electron chi connectivity index (χ3n) is 8.78. The number of aromatic nitrogens is 3. The Labute approximate surface area is 264 Å². The molecule has 1 N–H and O–H groups in total. The number of benzene rings is 3. The van der Waals surface area contributed by atoms with Gasteiger partial charge in [-0.3, -0.25) is 9.59 Å². The highest BCUT2D eigenvalue weighted by atomic mass is 16.5. The maximum Gasteiger partial charge on any atom is 0.248 e. The largest absolute Gasteiger partial charge is 0.493 e. The molecule has 0 unspecified atom stereocenters. The number of carbonyl (C=O) groups excluding carboxylic acids is 2. The maximum absolute atomic E-state index is 14.7. The lowest BCUT2D eigenvalue weighted by Crippen LogP contribution is -2.49. The van der Waals surface area contributed by atoms with Crippen molar-refractivity contribution >= 4 is 22.8 Å². The molecular weight excluding hydrogens is 570 g/mol. The van der Waals surface area contributed by atoms with Crippen molar-refractivity contribution in [1.82, 2.24) is 25.2 Å². The first-order valence-electron chi connectivity index (χ1n) is 15.6. The van der Waals surface area contributed by atoms with Crippen molar-refractivity contribution in [2.45, 2.75) is 70.5 Å². The van der Waals surface area contributed by atoms with Crippen LogP contribution < -0.4 is 19.5 Å². The van der Waals surface area contributed by atoms with E-state index in [4.69, 9.17) is 14.2 Å². The number of ether oxygens (including phenoxy) is 3. The lowest BCUT2D eigenvalue weighted by molar-refractivity contribution is -0.143. The molecule has 10 nitrogen and oxygen atoms in total. The molecule has 2 atom stereocenters. The molecule has 4 aromatic rings. The van der Waals surface area contributed by atoms with Crippen LogP contribution in [-0.2, 0) is 16.0 Å². The average molecular weight is 614 g/mol. The molecule has 1 aliphatic carbocycles. The number of carbonyl (C=O) groups is 2. The Morgan fingerprint density at radius 2 is 1.62 bits per heavy atom. The van der Waals surface area contributed by atoms with Crippen molar-refractivity contribution in [1.29, 1.82) is 0 Å². The Morgan fingerprint density at radius 3 is 2.29 bits per heavy atom. The van der Waals surface area contributed by atoms with Gasteiger partial charge >= 0.3 is 0 Å². The smallest absolute Gasteiger partial charge is 0.248 e. The highest BCUT2D eigenvalue weighted by Crippen LogP contribution is 2.41. The minimum Gasteiger partial charge on any atom is -0.493 e. The third-order valence-corrected chi connectivity index (χ3v) is 8.78. The Bertz CT molecular complexity index is 1600. The van der Waals surface area contributed by atoms with Crippen LogP contribution in [-0.4, -0.2) is 65.6 Å². The van der Waals surface area contributed by atoms with Crippen LogP contribution in [0.15, 0.2) is 60.7 Å². The Morgan fingerprint density at radius 1 is 0.956 bits per heavy atom. The van der Waals surface area contributed by atoms with Gasteiger partial charge in [0.15, 0.2) is 11.5 Å². The SMILES string of the molecule is COc1cc([C@H](C(=O)NC2CCCCC2)N(CCc2ccccc2C)C(=O)[C@@H](C)n2nnc3ccccc32)cc(OC)c1OC.